The number of nitrogens with zero attached hydrogens (tertiary/aromatic N) is 4. The fraction of sp³-hybridized carbons (Fsp3) is 0.0435. The van der Waals surface area contributed by atoms with Crippen LogP contribution in [0.2, 0.25) is 0 Å². The van der Waals surface area contributed by atoms with E-state index >= 15 is 0 Å². The highest BCUT2D eigenvalue weighted by Crippen LogP contribution is 2.37. The number of anilines is 1. The Morgan fingerprint density at radius 3 is 2.55 bits per heavy atom. The van der Waals surface area contributed by atoms with E-state index in [2.05, 4.69) is 25.6 Å². The number of hydrogen-bond acceptors (Lipinski definition) is 4. The number of carbonyl (C=O) groups excluding carboxylic acids is 1. The number of amides is 1. The Labute approximate surface area is 184 Å². The molecule has 2 N–H and O–H groups in total. The van der Waals surface area contributed by atoms with Crippen molar-refractivity contribution in [1.29, 1.82) is 0 Å². The molecule has 0 aliphatic rings. The van der Waals surface area contributed by atoms with Crippen LogP contribution in [0.5, 0.6) is 0 Å². The maximum absolute atomic E-state index is 13.5. The molecule has 0 unspecified atom stereocenters. The summed E-state index contributed by atoms with van der Waals surface area (Å²) in [6.07, 6.45) is -1.61. The highest BCUT2D eigenvalue weighted by Gasteiger charge is 2.34. The number of pyridine rings is 1. The SMILES string of the molecule is O=C(Nc1c2ncccc2nn1-c1ccccc1)c1ccc(C(F)(F)F)c(-c2cc[nH]n2)c1. The number of alkyl halides is 3. The summed E-state index contributed by atoms with van der Waals surface area (Å²) >= 11 is 0. The number of para-hydroxylation sites is 1. The molecule has 0 spiro atoms. The summed E-state index contributed by atoms with van der Waals surface area (Å²) in [5.41, 5.74) is 0.735. The van der Waals surface area contributed by atoms with E-state index in [1.807, 2.05) is 30.3 Å². The summed E-state index contributed by atoms with van der Waals surface area (Å²) in [4.78, 5) is 17.5. The number of benzene rings is 2. The van der Waals surface area contributed by atoms with Crippen LogP contribution in [0.15, 0.2) is 79.1 Å². The molecule has 164 valence electrons. The fourth-order valence-electron chi connectivity index (χ4n) is 3.52. The summed E-state index contributed by atoms with van der Waals surface area (Å²) in [7, 11) is 0. The van der Waals surface area contributed by atoms with E-state index in [-0.39, 0.29) is 16.8 Å². The number of rotatable bonds is 4. The molecule has 0 saturated heterocycles. The first-order valence-electron chi connectivity index (χ1n) is 9.84. The van der Waals surface area contributed by atoms with E-state index in [1.165, 1.54) is 23.0 Å². The quantitative estimate of drug-likeness (QED) is 0.401. The number of hydrogen-bond donors (Lipinski definition) is 2. The van der Waals surface area contributed by atoms with Gasteiger partial charge in [0, 0.05) is 23.5 Å². The Kier molecular flexibility index (Phi) is 4.89. The summed E-state index contributed by atoms with van der Waals surface area (Å²) in [6.45, 7) is 0. The standard InChI is InChI=1S/C23H15F3N6O/c24-23(25,26)17-9-8-14(13-16(17)18-10-12-28-30-18)22(33)29-21-20-19(7-4-11-27-20)31-32(21)15-5-2-1-3-6-15/h1-13H,(H,28,30)(H,29,33). The molecule has 7 nitrogen and oxygen atoms in total. The molecule has 2 aromatic carbocycles. The van der Waals surface area contributed by atoms with Gasteiger partial charge in [-0.3, -0.25) is 14.9 Å². The lowest BCUT2D eigenvalue weighted by atomic mass is 10.0. The molecule has 5 aromatic rings. The van der Waals surface area contributed by atoms with Gasteiger partial charge in [-0.2, -0.15) is 23.4 Å². The normalized spacial score (nSPS) is 11.6. The number of H-pyrrole nitrogens is 1. The van der Waals surface area contributed by atoms with Crippen LogP contribution in [0.4, 0.5) is 19.0 Å². The Bertz CT molecular complexity index is 1440. The first-order chi connectivity index (χ1) is 15.9. The van der Waals surface area contributed by atoms with Gasteiger partial charge in [0.2, 0.25) is 0 Å². The number of nitrogens with one attached hydrogen (secondary N) is 2. The highest BCUT2D eigenvalue weighted by molar-refractivity contribution is 6.08. The summed E-state index contributed by atoms with van der Waals surface area (Å²) < 4.78 is 42.1. The number of carbonyl (C=O) groups is 1. The van der Waals surface area contributed by atoms with Crippen molar-refractivity contribution in [3.8, 4) is 16.9 Å². The van der Waals surface area contributed by atoms with Crippen molar-refractivity contribution in [2.45, 2.75) is 6.18 Å². The zero-order valence-electron chi connectivity index (χ0n) is 16.8. The third-order valence-corrected chi connectivity index (χ3v) is 5.03. The van der Waals surface area contributed by atoms with Gasteiger partial charge in [0.05, 0.1) is 16.9 Å². The minimum absolute atomic E-state index is 0.0332. The molecule has 0 fully saturated rings. The predicted octanol–water partition coefficient (Wildman–Crippen LogP) is 5.08. The van der Waals surface area contributed by atoms with Gasteiger partial charge in [-0.1, -0.05) is 18.2 Å². The summed E-state index contributed by atoms with van der Waals surface area (Å²) in [5, 5.41) is 13.6. The van der Waals surface area contributed by atoms with Gasteiger partial charge in [-0.15, -0.1) is 0 Å². The fourth-order valence-corrected chi connectivity index (χ4v) is 3.52. The number of aromatic nitrogens is 5. The van der Waals surface area contributed by atoms with Crippen molar-refractivity contribution in [1.82, 2.24) is 25.0 Å². The zero-order chi connectivity index (χ0) is 23.0. The largest absolute Gasteiger partial charge is 0.417 e. The third kappa shape index (κ3) is 3.82. The van der Waals surface area contributed by atoms with Gasteiger partial charge in [0.1, 0.15) is 11.0 Å². The second kappa shape index (κ2) is 7.90. The Hall–Kier alpha value is -4.47. The summed E-state index contributed by atoms with van der Waals surface area (Å²) in [6, 6.07) is 17.2. The topological polar surface area (TPSA) is 88.5 Å². The molecule has 10 heteroatoms. The van der Waals surface area contributed by atoms with Gasteiger partial charge < -0.3 is 5.32 Å². The lowest BCUT2D eigenvalue weighted by Crippen LogP contribution is -2.16. The van der Waals surface area contributed by atoms with Crippen LogP contribution in [0, 0.1) is 0 Å². The van der Waals surface area contributed by atoms with Gasteiger partial charge in [-0.25, -0.2) is 4.68 Å². The maximum atomic E-state index is 13.5. The third-order valence-electron chi connectivity index (χ3n) is 5.03. The molecule has 33 heavy (non-hydrogen) atoms. The first-order valence-corrected chi connectivity index (χ1v) is 9.84. The lowest BCUT2D eigenvalue weighted by Gasteiger charge is -2.14. The monoisotopic (exact) mass is 448 g/mol. The molecule has 0 atom stereocenters. The van der Waals surface area contributed by atoms with Crippen LogP contribution < -0.4 is 5.32 Å². The average molecular weight is 448 g/mol. The molecule has 5 rings (SSSR count). The van der Waals surface area contributed by atoms with Crippen LogP contribution in [0.25, 0.3) is 28.0 Å². The first kappa shape index (κ1) is 20.4. The minimum Gasteiger partial charge on any atom is -0.305 e. The van der Waals surface area contributed by atoms with Crippen molar-refractivity contribution in [2.75, 3.05) is 5.32 Å². The smallest absolute Gasteiger partial charge is 0.305 e. The average Bonchev–Trinajstić information content (AvgIpc) is 3.47. The minimum atomic E-state index is -4.60. The molecule has 0 saturated carbocycles. The van der Waals surface area contributed by atoms with E-state index in [0.29, 0.717) is 22.5 Å². The number of fused-ring (bicyclic) bond motifs is 1. The molecule has 3 aromatic heterocycles. The van der Waals surface area contributed by atoms with Crippen molar-refractivity contribution in [3.05, 3.63) is 90.3 Å². The van der Waals surface area contributed by atoms with E-state index < -0.39 is 17.6 Å². The Balaban J connectivity index is 1.58. The van der Waals surface area contributed by atoms with E-state index in [9.17, 15) is 18.0 Å². The lowest BCUT2D eigenvalue weighted by molar-refractivity contribution is -0.137. The molecule has 0 bridgehead atoms. The number of halogens is 3. The highest BCUT2D eigenvalue weighted by atomic mass is 19.4. The molecule has 0 radical (unpaired) electrons. The van der Waals surface area contributed by atoms with Crippen LogP contribution in [0.1, 0.15) is 15.9 Å². The number of aromatic amines is 1. The molecular formula is C23H15F3N6O. The predicted molar refractivity (Wildman–Crippen MR) is 116 cm³/mol. The molecule has 3 heterocycles. The van der Waals surface area contributed by atoms with Crippen molar-refractivity contribution >= 4 is 22.8 Å². The van der Waals surface area contributed by atoms with Crippen LogP contribution in [-0.2, 0) is 6.18 Å². The van der Waals surface area contributed by atoms with Gasteiger partial charge >= 0.3 is 6.18 Å². The van der Waals surface area contributed by atoms with Gasteiger partial charge in [0.15, 0.2) is 5.82 Å². The van der Waals surface area contributed by atoms with E-state index in [0.717, 1.165) is 12.1 Å². The van der Waals surface area contributed by atoms with Crippen LogP contribution >= 0.6 is 0 Å². The van der Waals surface area contributed by atoms with Gasteiger partial charge in [-0.05, 0) is 48.5 Å². The van der Waals surface area contributed by atoms with Crippen molar-refractivity contribution in [2.24, 2.45) is 0 Å². The maximum Gasteiger partial charge on any atom is 0.417 e. The molecule has 1 amide bonds. The van der Waals surface area contributed by atoms with Crippen LogP contribution in [-0.4, -0.2) is 30.9 Å². The molecular weight excluding hydrogens is 433 g/mol. The van der Waals surface area contributed by atoms with Crippen molar-refractivity contribution < 1.29 is 18.0 Å². The Morgan fingerprint density at radius 1 is 1.00 bits per heavy atom. The summed E-state index contributed by atoms with van der Waals surface area (Å²) in [5.74, 6) is -0.298. The van der Waals surface area contributed by atoms with E-state index in [4.69, 9.17) is 0 Å². The van der Waals surface area contributed by atoms with Crippen molar-refractivity contribution in [3.63, 3.8) is 0 Å². The molecule has 0 aliphatic carbocycles. The zero-order valence-corrected chi connectivity index (χ0v) is 16.8. The molecule has 0 aliphatic heterocycles. The Morgan fingerprint density at radius 2 is 1.82 bits per heavy atom. The van der Waals surface area contributed by atoms with Crippen LogP contribution in [0.3, 0.4) is 0 Å². The second-order valence-corrected chi connectivity index (χ2v) is 7.14. The van der Waals surface area contributed by atoms with Gasteiger partial charge in [0.25, 0.3) is 5.91 Å². The second-order valence-electron chi connectivity index (χ2n) is 7.14. The van der Waals surface area contributed by atoms with E-state index in [1.54, 1.807) is 18.3 Å².